The smallest absolute Gasteiger partial charge is 0.230 e. The second-order valence-corrected chi connectivity index (χ2v) is 7.84. The molecule has 1 aromatic carbocycles. The SMILES string of the molecule is O=C(Nc1nc2ccccc2s1)C1CCS(=O)(=O)C1. The molecule has 19 heavy (non-hydrogen) atoms. The predicted molar refractivity (Wildman–Crippen MR) is 75.0 cm³/mol. The van der Waals surface area contributed by atoms with Crippen molar-refractivity contribution in [2.24, 2.45) is 5.92 Å². The van der Waals surface area contributed by atoms with Crippen molar-refractivity contribution in [2.75, 3.05) is 16.8 Å². The van der Waals surface area contributed by atoms with Gasteiger partial charge < -0.3 is 5.32 Å². The summed E-state index contributed by atoms with van der Waals surface area (Å²) < 4.78 is 23.7. The minimum absolute atomic E-state index is 0.0519. The van der Waals surface area contributed by atoms with E-state index in [0.29, 0.717) is 11.6 Å². The number of carbonyl (C=O) groups excluding carboxylic acids is 1. The van der Waals surface area contributed by atoms with Crippen LogP contribution in [0.15, 0.2) is 24.3 Å². The number of benzene rings is 1. The quantitative estimate of drug-likeness (QED) is 0.914. The van der Waals surface area contributed by atoms with E-state index in [9.17, 15) is 13.2 Å². The number of rotatable bonds is 2. The number of sulfone groups is 1. The molecule has 3 rings (SSSR count). The van der Waals surface area contributed by atoms with E-state index >= 15 is 0 Å². The van der Waals surface area contributed by atoms with E-state index in [4.69, 9.17) is 0 Å². The third-order valence-electron chi connectivity index (χ3n) is 3.13. The Morgan fingerprint density at radius 3 is 2.84 bits per heavy atom. The van der Waals surface area contributed by atoms with Gasteiger partial charge in [0, 0.05) is 0 Å². The number of nitrogens with one attached hydrogen (secondary N) is 1. The van der Waals surface area contributed by atoms with Crippen LogP contribution in [-0.2, 0) is 14.6 Å². The van der Waals surface area contributed by atoms with Gasteiger partial charge in [-0.2, -0.15) is 0 Å². The van der Waals surface area contributed by atoms with Gasteiger partial charge in [0.2, 0.25) is 5.91 Å². The third-order valence-corrected chi connectivity index (χ3v) is 5.85. The molecule has 0 bridgehead atoms. The molecule has 0 spiro atoms. The summed E-state index contributed by atoms with van der Waals surface area (Å²) in [6.45, 7) is 0. The van der Waals surface area contributed by atoms with Crippen molar-refractivity contribution in [2.45, 2.75) is 6.42 Å². The van der Waals surface area contributed by atoms with Gasteiger partial charge in [-0.25, -0.2) is 13.4 Å². The molecule has 0 radical (unpaired) electrons. The average Bonchev–Trinajstić information content (AvgIpc) is 2.91. The van der Waals surface area contributed by atoms with Crippen LogP contribution in [0.5, 0.6) is 0 Å². The first kappa shape index (κ1) is 12.6. The molecule has 2 heterocycles. The molecule has 5 nitrogen and oxygen atoms in total. The molecule has 0 saturated carbocycles. The summed E-state index contributed by atoms with van der Waals surface area (Å²) in [6.07, 6.45) is 0.402. The molecule has 1 unspecified atom stereocenters. The summed E-state index contributed by atoms with van der Waals surface area (Å²) in [7, 11) is -3.04. The Morgan fingerprint density at radius 1 is 1.37 bits per heavy atom. The monoisotopic (exact) mass is 296 g/mol. The first-order chi connectivity index (χ1) is 9.03. The third kappa shape index (κ3) is 2.62. The zero-order valence-electron chi connectivity index (χ0n) is 10.00. The number of amides is 1. The highest BCUT2D eigenvalue weighted by atomic mass is 32.2. The summed E-state index contributed by atoms with van der Waals surface area (Å²) in [5.74, 6) is -0.647. The second-order valence-electron chi connectivity index (χ2n) is 4.58. The van der Waals surface area contributed by atoms with Gasteiger partial charge >= 0.3 is 0 Å². The molecule has 0 aliphatic carbocycles. The molecule has 1 amide bonds. The maximum absolute atomic E-state index is 12.0. The Morgan fingerprint density at radius 2 is 2.16 bits per heavy atom. The fourth-order valence-electron chi connectivity index (χ4n) is 2.13. The molecule has 1 aliphatic rings. The van der Waals surface area contributed by atoms with E-state index < -0.39 is 15.8 Å². The van der Waals surface area contributed by atoms with Gasteiger partial charge in [-0.1, -0.05) is 23.5 Å². The van der Waals surface area contributed by atoms with Crippen LogP contribution in [0.2, 0.25) is 0 Å². The Kier molecular flexibility index (Phi) is 3.02. The Labute approximate surface area is 114 Å². The number of thiazole rings is 1. The van der Waals surface area contributed by atoms with Crippen LogP contribution in [0.1, 0.15) is 6.42 Å². The molecule has 7 heteroatoms. The molecular weight excluding hydrogens is 284 g/mol. The van der Waals surface area contributed by atoms with Crippen molar-refractivity contribution in [1.29, 1.82) is 0 Å². The number of nitrogens with zero attached hydrogens (tertiary/aromatic N) is 1. The second kappa shape index (κ2) is 4.57. The van der Waals surface area contributed by atoms with Crippen molar-refractivity contribution in [3.8, 4) is 0 Å². The van der Waals surface area contributed by atoms with Crippen molar-refractivity contribution < 1.29 is 13.2 Å². The summed E-state index contributed by atoms with van der Waals surface area (Å²) in [5, 5.41) is 3.24. The zero-order chi connectivity index (χ0) is 13.5. The van der Waals surface area contributed by atoms with E-state index in [1.807, 2.05) is 24.3 Å². The van der Waals surface area contributed by atoms with E-state index in [2.05, 4.69) is 10.3 Å². The highest BCUT2D eigenvalue weighted by Gasteiger charge is 2.33. The van der Waals surface area contributed by atoms with Crippen LogP contribution in [0.3, 0.4) is 0 Å². The molecule has 100 valence electrons. The Balaban J connectivity index is 1.76. The van der Waals surface area contributed by atoms with Gasteiger partial charge in [0.05, 0.1) is 27.6 Å². The number of fused-ring (bicyclic) bond motifs is 1. The lowest BCUT2D eigenvalue weighted by Crippen LogP contribution is -2.23. The van der Waals surface area contributed by atoms with Crippen LogP contribution in [0.25, 0.3) is 10.2 Å². The highest BCUT2D eigenvalue weighted by molar-refractivity contribution is 7.91. The Hall–Kier alpha value is -1.47. The number of anilines is 1. The molecule has 1 aliphatic heterocycles. The number of aromatic nitrogens is 1. The minimum atomic E-state index is -3.04. The van der Waals surface area contributed by atoms with Crippen LogP contribution >= 0.6 is 11.3 Å². The standard InChI is InChI=1S/C12H12N2O3S2/c15-11(8-5-6-19(16,17)7-8)14-12-13-9-3-1-2-4-10(9)18-12/h1-4,8H,5-7H2,(H,13,14,15). The van der Waals surface area contributed by atoms with Crippen LogP contribution in [0, 0.1) is 5.92 Å². The van der Waals surface area contributed by atoms with Gasteiger partial charge in [0.1, 0.15) is 0 Å². The summed E-state index contributed by atoms with van der Waals surface area (Å²) in [4.78, 5) is 16.3. The fourth-order valence-corrected chi connectivity index (χ4v) is 4.75. The van der Waals surface area contributed by atoms with Gasteiger partial charge in [-0.3, -0.25) is 4.79 Å². The Bertz CT molecular complexity index is 703. The van der Waals surface area contributed by atoms with Crippen molar-refractivity contribution in [3.63, 3.8) is 0 Å². The van der Waals surface area contributed by atoms with E-state index in [-0.39, 0.29) is 17.4 Å². The lowest BCUT2D eigenvalue weighted by molar-refractivity contribution is -0.119. The lowest BCUT2D eigenvalue weighted by Gasteiger charge is -2.05. The highest BCUT2D eigenvalue weighted by Crippen LogP contribution is 2.27. The van der Waals surface area contributed by atoms with Gasteiger partial charge in [-0.15, -0.1) is 0 Å². The molecule has 2 aromatic rings. The molecule has 1 N–H and O–H groups in total. The maximum atomic E-state index is 12.0. The fraction of sp³-hybridized carbons (Fsp3) is 0.333. The molecule has 1 atom stereocenters. The zero-order valence-corrected chi connectivity index (χ0v) is 11.6. The maximum Gasteiger partial charge on any atom is 0.230 e. The van der Waals surface area contributed by atoms with E-state index in [0.717, 1.165) is 10.2 Å². The number of hydrogen-bond acceptors (Lipinski definition) is 5. The van der Waals surface area contributed by atoms with Crippen molar-refractivity contribution in [1.82, 2.24) is 4.98 Å². The predicted octanol–water partition coefficient (Wildman–Crippen LogP) is 1.67. The van der Waals surface area contributed by atoms with Crippen molar-refractivity contribution in [3.05, 3.63) is 24.3 Å². The number of hydrogen-bond donors (Lipinski definition) is 1. The van der Waals surface area contributed by atoms with Gasteiger partial charge in [-0.05, 0) is 18.6 Å². The van der Waals surface area contributed by atoms with Crippen molar-refractivity contribution >= 4 is 42.4 Å². The normalized spacial score (nSPS) is 21.6. The van der Waals surface area contributed by atoms with E-state index in [1.54, 1.807) is 0 Å². The molecule has 1 saturated heterocycles. The van der Waals surface area contributed by atoms with E-state index in [1.165, 1.54) is 11.3 Å². The van der Waals surface area contributed by atoms with Gasteiger partial charge in [0.25, 0.3) is 0 Å². The topological polar surface area (TPSA) is 76.1 Å². The first-order valence-corrected chi connectivity index (χ1v) is 8.54. The number of carbonyl (C=O) groups is 1. The van der Waals surface area contributed by atoms with Crippen LogP contribution < -0.4 is 5.32 Å². The van der Waals surface area contributed by atoms with Crippen LogP contribution in [0.4, 0.5) is 5.13 Å². The molecule has 1 aromatic heterocycles. The number of para-hydroxylation sites is 1. The largest absolute Gasteiger partial charge is 0.302 e. The molecular formula is C12H12N2O3S2. The summed E-state index contributed by atoms with van der Waals surface area (Å²) >= 11 is 1.39. The van der Waals surface area contributed by atoms with Gasteiger partial charge in [0.15, 0.2) is 15.0 Å². The molecule has 1 fully saturated rings. The summed E-state index contributed by atoms with van der Waals surface area (Å²) in [5.41, 5.74) is 0.835. The average molecular weight is 296 g/mol. The minimum Gasteiger partial charge on any atom is -0.302 e. The first-order valence-electron chi connectivity index (χ1n) is 5.90. The van der Waals surface area contributed by atoms with Crippen LogP contribution in [-0.4, -0.2) is 30.8 Å². The lowest BCUT2D eigenvalue weighted by atomic mass is 10.1. The summed E-state index contributed by atoms with van der Waals surface area (Å²) in [6, 6.07) is 7.61.